The molecular weight excluding hydrogens is 318 g/mol. The first kappa shape index (κ1) is 16.7. The average molecular weight is 337 g/mol. The third-order valence-electron chi connectivity index (χ3n) is 3.65. The lowest BCUT2D eigenvalue weighted by molar-refractivity contribution is 0.407. The summed E-state index contributed by atoms with van der Waals surface area (Å²) in [6.07, 6.45) is 4.48. The highest BCUT2D eigenvalue weighted by molar-refractivity contribution is 5.48. The summed E-state index contributed by atoms with van der Waals surface area (Å²) in [7, 11) is 0. The van der Waals surface area contributed by atoms with Crippen LogP contribution < -0.4 is 21.8 Å². The van der Waals surface area contributed by atoms with Gasteiger partial charge in [-0.25, -0.2) is 4.98 Å². The van der Waals surface area contributed by atoms with Crippen LogP contribution in [-0.4, -0.2) is 15.0 Å². The number of oxazole rings is 1. The molecule has 1 aromatic carbocycles. The second kappa shape index (κ2) is 6.39. The number of benzene rings is 1. The molecule has 25 heavy (non-hydrogen) atoms. The highest BCUT2D eigenvalue weighted by Crippen LogP contribution is 2.25. The maximum atomic E-state index is 12.3. The van der Waals surface area contributed by atoms with E-state index >= 15 is 0 Å². The lowest BCUT2D eigenvalue weighted by atomic mass is 9.92. The van der Waals surface area contributed by atoms with E-state index in [1.807, 2.05) is 51.1 Å². The number of nitrogens with one attached hydrogen (secondary N) is 2. The van der Waals surface area contributed by atoms with E-state index in [4.69, 9.17) is 4.42 Å². The summed E-state index contributed by atoms with van der Waals surface area (Å²) in [6.45, 7) is 5.95. The van der Waals surface area contributed by atoms with Crippen molar-refractivity contribution < 1.29 is 4.42 Å². The van der Waals surface area contributed by atoms with Gasteiger partial charge in [-0.2, -0.15) is 0 Å². The lowest BCUT2D eigenvalue weighted by Gasteiger charge is -2.14. The normalized spacial score (nSPS) is 13.4. The van der Waals surface area contributed by atoms with E-state index in [0.29, 0.717) is 11.5 Å². The first-order valence-corrected chi connectivity index (χ1v) is 7.90. The minimum Gasteiger partial charge on any atom is -0.447 e. The number of rotatable bonds is 2. The zero-order chi connectivity index (χ0) is 18.0. The molecule has 0 unspecified atom stereocenters. The molecule has 2 aromatic heterocycles. The fraction of sp³-hybridized carbons (Fsp3) is 0.211. The first-order valence-electron chi connectivity index (χ1n) is 7.90. The Morgan fingerprint density at radius 2 is 1.56 bits per heavy atom. The van der Waals surface area contributed by atoms with Gasteiger partial charge in [0.15, 0.2) is 6.39 Å². The van der Waals surface area contributed by atoms with Crippen LogP contribution in [0.2, 0.25) is 0 Å². The molecule has 3 aromatic rings. The average Bonchev–Trinajstić information content (AvgIpc) is 3.02. The number of hydrogen-bond acceptors (Lipinski definition) is 4. The van der Waals surface area contributed by atoms with E-state index in [1.165, 1.54) is 12.5 Å². The molecule has 0 fully saturated rings. The molecule has 6 nitrogen and oxygen atoms in total. The minimum absolute atomic E-state index is 0.134. The van der Waals surface area contributed by atoms with Gasteiger partial charge in [0.05, 0.1) is 0 Å². The van der Waals surface area contributed by atoms with Crippen molar-refractivity contribution in [1.29, 1.82) is 0 Å². The van der Waals surface area contributed by atoms with Gasteiger partial charge >= 0.3 is 0 Å². The molecule has 0 radical (unpaired) electrons. The minimum atomic E-state index is -0.398. The van der Waals surface area contributed by atoms with Gasteiger partial charge in [-0.1, -0.05) is 51.1 Å². The lowest BCUT2D eigenvalue weighted by Crippen LogP contribution is -2.46. The highest BCUT2D eigenvalue weighted by Gasteiger charge is 2.21. The maximum absolute atomic E-state index is 12.3. The summed E-state index contributed by atoms with van der Waals surface area (Å²) in [6, 6.07) is 9.30. The predicted octanol–water partition coefficient (Wildman–Crippen LogP) is 1.01. The molecule has 0 aliphatic rings. The number of aromatic amines is 2. The van der Waals surface area contributed by atoms with Crippen molar-refractivity contribution in [1.82, 2.24) is 15.0 Å². The molecule has 6 heteroatoms. The van der Waals surface area contributed by atoms with Crippen LogP contribution in [0.15, 0.2) is 50.7 Å². The van der Waals surface area contributed by atoms with Crippen LogP contribution in [0, 0.1) is 0 Å². The molecular formula is C19H19N3O3. The molecule has 0 spiro atoms. The van der Waals surface area contributed by atoms with Crippen LogP contribution in [0.3, 0.4) is 0 Å². The summed E-state index contributed by atoms with van der Waals surface area (Å²) < 4.78 is 5.42. The Morgan fingerprint density at radius 3 is 2.16 bits per heavy atom. The van der Waals surface area contributed by atoms with Gasteiger partial charge < -0.3 is 14.4 Å². The van der Waals surface area contributed by atoms with E-state index in [9.17, 15) is 9.59 Å². The summed E-state index contributed by atoms with van der Waals surface area (Å²) in [5.74, 6) is 0.646. The Bertz CT molecular complexity index is 1110. The smallest absolute Gasteiger partial charge is 0.272 e. The maximum Gasteiger partial charge on any atom is 0.272 e. The Hall–Kier alpha value is -3.15. The van der Waals surface area contributed by atoms with E-state index in [1.54, 1.807) is 6.08 Å². The molecule has 2 heterocycles. The number of aromatic nitrogens is 3. The second-order valence-corrected chi connectivity index (χ2v) is 6.75. The zero-order valence-corrected chi connectivity index (χ0v) is 14.3. The van der Waals surface area contributed by atoms with Crippen molar-refractivity contribution in [3.05, 3.63) is 85.1 Å². The van der Waals surface area contributed by atoms with Gasteiger partial charge in [-0.15, -0.1) is 0 Å². The van der Waals surface area contributed by atoms with Crippen molar-refractivity contribution >= 4 is 12.2 Å². The van der Waals surface area contributed by atoms with Crippen molar-refractivity contribution in [2.24, 2.45) is 0 Å². The molecule has 128 valence electrons. The summed E-state index contributed by atoms with van der Waals surface area (Å²) >= 11 is 0. The monoisotopic (exact) mass is 337 g/mol. The molecule has 2 N–H and O–H groups in total. The Morgan fingerprint density at radius 1 is 0.960 bits per heavy atom. The Balaban J connectivity index is 2.14. The molecule has 0 saturated carbocycles. The van der Waals surface area contributed by atoms with Gasteiger partial charge in [0.1, 0.15) is 22.2 Å². The standard InChI is InChI=1S/C19H19N3O3/c1-19(2,3)16-13(20-11-25-16)10-15-18(24)21-14(17(23)22-15)9-12-7-5-4-6-8-12/h4-11H,1-3H3,(H,21,24)(H,22,23)/b14-9-,15-10-. The number of hydrogen-bond donors (Lipinski definition) is 2. The van der Waals surface area contributed by atoms with Crippen molar-refractivity contribution in [2.45, 2.75) is 26.2 Å². The van der Waals surface area contributed by atoms with Crippen LogP contribution in [0.4, 0.5) is 0 Å². The van der Waals surface area contributed by atoms with E-state index < -0.39 is 5.56 Å². The Kier molecular flexibility index (Phi) is 4.27. The Labute approximate surface area is 143 Å². The van der Waals surface area contributed by atoms with Crippen LogP contribution >= 0.6 is 0 Å². The largest absolute Gasteiger partial charge is 0.447 e. The fourth-order valence-electron chi connectivity index (χ4n) is 2.47. The second-order valence-electron chi connectivity index (χ2n) is 6.75. The third-order valence-corrected chi connectivity index (χ3v) is 3.65. The van der Waals surface area contributed by atoms with Gasteiger partial charge in [0, 0.05) is 5.41 Å². The summed E-state index contributed by atoms with van der Waals surface area (Å²) in [5.41, 5.74) is 0.302. The summed E-state index contributed by atoms with van der Waals surface area (Å²) in [5, 5.41) is 0.333. The topological polar surface area (TPSA) is 91.8 Å². The number of nitrogens with zero attached hydrogens (tertiary/aromatic N) is 1. The molecule has 0 atom stereocenters. The van der Waals surface area contributed by atoms with Gasteiger partial charge in [-0.05, 0) is 17.7 Å². The molecule has 0 aliphatic heterocycles. The molecule has 3 rings (SSSR count). The van der Waals surface area contributed by atoms with Crippen LogP contribution in [0.5, 0.6) is 0 Å². The van der Waals surface area contributed by atoms with E-state index in [2.05, 4.69) is 15.0 Å². The number of H-pyrrole nitrogens is 2. The fourth-order valence-corrected chi connectivity index (χ4v) is 2.47. The predicted molar refractivity (Wildman–Crippen MR) is 95.7 cm³/mol. The van der Waals surface area contributed by atoms with Gasteiger partial charge in [0.2, 0.25) is 0 Å². The molecule has 0 saturated heterocycles. The van der Waals surface area contributed by atoms with Crippen LogP contribution in [0.25, 0.3) is 12.2 Å². The quantitative estimate of drug-likeness (QED) is 0.730. The third kappa shape index (κ3) is 3.68. The van der Waals surface area contributed by atoms with E-state index in [0.717, 1.165) is 5.56 Å². The van der Waals surface area contributed by atoms with Crippen molar-refractivity contribution in [3.8, 4) is 0 Å². The molecule has 0 aliphatic carbocycles. The highest BCUT2D eigenvalue weighted by atomic mass is 16.3. The molecule has 0 amide bonds. The van der Waals surface area contributed by atoms with E-state index in [-0.39, 0.29) is 21.7 Å². The summed E-state index contributed by atoms with van der Waals surface area (Å²) in [4.78, 5) is 34.0. The van der Waals surface area contributed by atoms with Crippen molar-refractivity contribution in [3.63, 3.8) is 0 Å². The first-order chi connectivity index (χ1) is 11.8. The van der Waals surface area contributed by atoms with Crippen molar-refractivity contribution in [2.75, 3.05) is 0 Å². The zero-order valence-electron chi connectivity index (χ0n) is 14.3. The van der Waals surface area contributed by atoms with Crippen LogP contribution in [0.1, 0.15) is 37.8 Å². The molecule has 0 bridgehead atoms. The van der Waals surface area contributed by atoms with Gasteiger partial charge in [-0.3, -0.25) is 9.59 Å². The van der Waals surface area contributed by atoms with Crippen LogP contribution in [-0.2, 0) is 5.41 Å². The van der Waals surface area contributed by atoms with Gasteiger partial charge in [0.25, 0.3) is 11.1 Å². The SMILES string of the molecule is CC(C)(C)c1ocnc1/C=c1\[nH]c(=O)/c(=C/c2ccccc2)[nH]c1=O.